The summed E-state index contributed by atoms with van der Waals surface area (Å²) < 4.78 is 30.4. The zero-order valence-corrected chi connectivity index (χ0v) is 19.4. The molecule has 0 aliphatic rings. The van der Waals surface area contributed by atoms with Crippen molar-refractivity contribution in [1.29, 1.82) is 5.26 Å². The first kappa shape index (κ1) is 24.6. The van der Waals surface area contributed by atoms with E-state index < -0.39 is 11.7 Å². The van der Waals surface area contributed by atoms with E-state index in [9.17, 15) is 14.4 Å². The highest BCUT2D eigenvalue weighted by Crippen LogP contribution is 2.38. The van der Waals surface area contributed by atoms with Crippen molar-refractivity contribution < 1.29 is 23.4 Å². The Kier molecular flexibility index (Phi) is 8.49. The normalized spacial score (nSPS) is 10.9. The van der Waals surface area contributed by atoms with Gasteiger partial charge in [-0.15, -0.1) is 0 Å². The Labute approximate surface area is 202 Å². The topological polar surface area (TPSA) is 80.6 Å². The van der Waals surface area contributed by atoms with Gasteiger partial charge in [0, 0.05) is 11.3 Å². The van der Waals surface area contributed by atoms with Crippen LogP contribution in [0.1, 0.15) is 18.1 Å². The van der Waals surface area contributed by atoms with Crippen LogP contribution >= 0.6 is 11.6 Å². The summed E-state index contributed by atoms with van der Waals surface area (Å²) >= 11 is 6.42. The first-order valence-corrected chi connectivity index (χ1v) is 10.7. The van der Waals surface area contributed by atoms with Crippen LogP contribution in [0, 0.1) is 17.1 Å². The Hall–Kier alpha value is -4.02. The highest BCUT2D eigenvalue weighted by molar-refractivity contribution is 6.32. The highest BCUT2D eigenvalue weighted by atomic mass is 35.5. The number of hydrogen-bond donors (Lipinski definition) is 1. The van der Waals surface area contributed by atoms with E-state index in [1.807, 2.05) is 6.07 Å². The summed E-state index contributed by atoms with van der Waals surface area (Å²) in [5, 5.41) is 12.4. The fraction of sp³-hybridized carbons (Fsp3) is 0.154. The molecular weight excluding hydrogens is 459 g/mol. The molecule has 1 amide bonds. The summed E-state index contributed by atoms with van der Waals surface area (Å²) in [6.45, 7) is 2.07. The number of halogens is 2. The minimum atomic E-state index is -0.582. The second kappa shape index (κ2) is 11.7. The predicted molar refractivity (Wildman–Crippen MR) is 129 cm³/mol. The molecule has 6 nitrogen and oxygen atoms in total. The van der Waals surface area contributed by atoms with Crippen molar-refractivity contribution in [2.24, 2.45) is 0 Å². The highest BCUT2D eigenvalue weighted by Gasteiger charge is 2.15. The van der Waals surface area contributed by atoms with E-state index in [4.69, 9.17) is 25.8 Å². The Bertz CT molecular complexity index is 1240. The molecule has 0 unspecified atom stereocenters. The van der Waals surface area contributed by atoms with Gasteiger partial charge in [-0.2, -0.15) is 5.26 Å². The number of methoxy groups -OCH3 is 1. The molecule has 0 saturated heterocycles. The number of anilines is 1. The summed E-state index contributed by atoms with van der Waals surface area (Å²) in [4.78, 5) is 12.6. The molecule has 0 atom stereocenters. The van der Waals surface area contributed by atoms with Crippen LogP contribution in [0.5, 0.6) is 17.2 Å². The molecule has 0 radical (unpaired) electrons. The number of nitrogens with one attached hydrogen (secondary N) is 1. The van der Waals surface area contributed by atoms with E-state index in [2.05, 4.69) is 5.32 Å². The molecule has 3 rings (SSSR count). The Morgan fingerprint density at radius 1 is 1.15 bits per heavy atom. The van der Waals surface area contributed by atoms with E-state index in [1.54, 1.807) is 68.6 Å². The Balaban J connectivity index is 1.83. The molecule has 0 heterocycles. The number of ether oxygens (including phenoxy) is 3. The van der Waals surface area contributed by atoms with Crippen molar-refractivity contribution in [3.8, 4) is 23.3 Å². The van der Waals surface area contributed by atoms with Gasteiger partial charge in [0.05, 0.1) is 18.7 Å². The molecule has 0 saturated carbocycles. The summed E-state index contributed by atoms with van der Waals surface area (Å²) in [6.07, 6.45) is 1.40. The minimum absolute atomic E-state index is 0.0463. The van der Waals surface area contributed by atoms with Gasteiger partial charge in [0.1, 0.15) is 29.8 Å². The number of amides is 1. The molecule has 0 aliphatic heterocycles. The van der Waals surface area contributed by atoms with Crippen LogP contribution in [0.25, 0.3) is 6.08 Å². The molecule has 3 aromatic carbocycles. The number of rotatable bonds is 9. The van der Waals surface area contributed by atoms with Gasteiger partial charge < -0.3 is 19.5 Å². The second-order valence-electron chi connectivity index (χ2n) is 7.00. The minimum Gasteiger partial charge on any atom is -0.497 e. The third-order valence-corrected chi connectivity index (χ3v) is 4.97. The van der Waals surface area contributed by atoms with Gasteiger partial charge in [0.25, 0.3) is 5.91 Å². The maximum absolute atomic E-state index is 13.9. The third kappa shape index (κ3) is 6.27. The van der Waals surface area contributed by atoms with Crippen molar-refractivity contribution in [2.45, 2.75) is 13.5 Å². The molecule has 174 valence electrons. The second-order valence-corrected chi connectivity index (χ2v) is 7.40. The Morgan fingerprint density at radius 2 is 1.88 bits per heavy atom. The molecule has 0 bridgehead atoms. The van der Waals surface area contributed by atoms with Crippen LogP contribution in [-0.4, -0.2) is 19.6 Å². The first-order valence-electron chi connectivity index (χ1n) is 10.3. The van der Waals surface area contributed by atoms with Crippen molar-refractivity contribution in [1.82, 2.24) is 0 Å². The zero-order valence-electron chi connectivity index (χ0n) is 18.6. The van der Waals surface area contributed by atoms with E-state index in [0.29, 0.717) is 34.9 Å². The molecule has 0 aliphatic carbocycles. The van der Waals surface area contributed by atoms with Gasteiger partial charge in [-0.05, 0) is 61.0 Å². The number of carbonyl (C=O) groups is 1. The van der Waals surface area contributed by atoms with Crippen LogP contribution in [0.4, 0.5) is 10.1 Å². The zero-order chi connectivity index (χ0) is 24.5. The van der Waals surface area contributed by atoms with Crippen LogP contribution in [0.3, 0.4) is 0 Å². The van der Waals surface area contributed by atoms with Crippen LogP contribution in [-0.2, 0) is 11.4 Å². The number of nitriles is 1. The lowest BCUT2D eigenvalue weighted by atomic mass is 10.1. The van der Waals surface area contributed by atoms with E-state index >= 15 is 0 Å². The van der Waals surface area contributed by atoms with E-state index in [-0.39, 0.29) is 23.0 Å². The molecule has 0 aromatic heterocycles. The maximum atomic E-state index is 13.9. The SMILES string of the molecule is CCOc1cc(/C=C(\C#N)C(=O)Nc2ccc(OC)cc2)cc(Cl)c1OCc1ccccc1F. The lowest BCUT2D eigenvalue weighted by molar-refractivity contribution is -0.112. The van der Waals surface area contributed by atoms with Crippen LogP contribution < -0.4 is 19.5 Å². The first-order chi connectivity index (χ1) is 16.4. The number of carbonyl (C=O) groups excluding carboxylic acids is 1. The van der Waals surface area contributed by atoms with E-state index in [0.717, 1.165) is 0 Å². The van der Waals surface area contributed by atoms with Crippen LogP contribution in [0.2, 0.25) is 5.02 Å². The largest absolute Gasteiger partial charge is 0.497 e. The smallest absolute Gasteiger partial charge is 0.266 e. The Morgan fingerprint density at radius 3 is 2.53 bits per heavy atom. The van der Waals surface area contributed by atoms with Gasteiger partial charge in [-0.1, -0.05) is 29.8 Å². The molecule has 3 aromatic rings. The van der Waals surface area contributed by atoms with Gasteiger partial charge >= 0.3 is 0 Å². The van der Waals surface area contributed by atoms with Crippen molar-refractivity contribution >= 4 is 29.3 Å². The fourth-order valence-corrected chi connectivity index (χ4v) is 3.30. The quantitative estimate of drug-likeness (QED) is 0.299. The maximum Gasteiger partial charge on any atom is 0.266 e. The average Bonchev–Trinajstić information content (AvgIpc) is 2.83. The lowest BCUT2D eigenvalue weighted by Crippen LogP contribution is -2.13. The summed E-state index contributed by atoms with van der Waals surface area (Å²) in [5.74, 6) is 0.222. The number of hydrogen-bond acceptors (Lipinski definition) is 5. The molecule has 8 heteroatoms. The predicted octanol–water partition coefficient (Wildman–Crippen LogP) is 6.01. The molecule has 0 fully saturated rings. The fourth-order valence-electron chi connectivity index (χ4n) is 3.03. The summed E-state index contributed by atoms with van der Waals surface area (Å²) in [7, 11) is 1.54. The molecule has 34 heavy (non-hydrogen) atoms. The molecular formula is C26H22ClFN2O4. The summed E-state index contributed by atoms with van der Waals surface area (Å²) in [6, 6.07) is 18.0. The lowest BCUT2D eigenvalue weighted by Gasteiger charge is -2.15. The van der Waals surface area contributed by atoms with E-state index in [1.165, 1.54) is 12.1 Å². The molecule has 0 spiro atoms. The van der Waals surface area contributed by atoms with Crippen LogP contribution in [0.15, 0.2) is 66.2 Å². The standard InChI is InChI=1S/C26H22ClFN2O4/c1-3-33-24-14-17(13-22(27)25(24)34-16-18-6-4-5-7-23(18)28)12-19(15-29)26(31)30-20-8-10-21(32-2)11-9-20/h4-14H,3,16H2,1-2H3,(H,30,31)/b19-12+. The number of benzene rings is 3. The third-order valence-electron chi connectivity index (χ3n) is 4.69. The van der Waals surface area contributed by atoms with Crippen molar-refractivity contribution in [3.05, 3.63) is 88.2 Å². The number of nitrogens with zero attached hydrogens (tertiary/aromatic N) is 1. The van der Waals surface area contributed by atoms with Gasteiger partial charge in [-0.3, -0.25) is 4.79 Å². The van der Waals surface area contributed by atoms with Gasteiger partial charge in [0.2, 0.25) is 0 Å². The van der Waals surface area contributed by atoms with Crippen molar-refractivity contribution in [2.75, 3.05) is 19.0 Å². The van der Waals surface area contributed by atoms with Crippen molar-refractivity contribution in [3.63, 3.8) is 0 Å². The molecule has 1 N–H and O–H groups in total. The average molecular weight is 481 g/mol. The van der Waals surface area contributed by atoms with Gasteiger partial charge in [0.15, 0.2) is 11.5 Å². The summed E-state index contributed by atoms with van der Waals surface area (Å²) in [5.41, 5.74) is 1.21. The monoisotopic (exact) mass is 480 g/mol. The van der Waals surface area contributed by atoms with Gasteiger partial charge in [-0.25, -0.2) is 4.39 Å².